The third kappa shape index (κ3) is 5.33. The first-order valence-electron chi connectivity index (χ1n) is 6.50. The van der Waals surface area contributed by atoms with E-state index in [1.54, 1.807) is 7.11 Å². The molecule has 0 spiro atoms. The van der Waals surface area contributed by atoms with E-state index in [2.05, 4.69) is 37.4 Å². The van der Waals surface area contributed by atoms with Crippen LogP contribution in [0.15, 0.2) is 18.2 Å². The van der Waals surface area contributed by atoms with Crippen molar-refractivity contribution >= 4 is 0 Å². The van der Waals surface area contributed by atoms with E-state index in [-0.39, 0.29) is 0 Å². The largest absolute Gasteiger partial charge is 0.383 e. The van der Waals surface area contributed by atoms with Crippen LogP contribution >= 0.6 is 0 Å². The number of methoxy groups -OCH3 is 1. The Bertz CT molecular complexity index is 323. The van der Waals surface area contributed by atoms with Crippen LogP contribution in [-0.4, -0.2) is 26.8 Å². The van der Waals surface area contributed by atoms with Gasteiger partial charge in [0.2, 0.25) is 0 Å². The minimum absolute atomic E-state index is 0.803. The minimum Gasteiger partial charge on any atom is -0.383 e. The summed E-state index contributed by atoms with van der Waals surface area (Å²) in [7, 11) is 1.74. The van der Waals surface area contributed by atoms with Crippen LogP contribution in [0.25, 0.3) is 0 Å². The molecule has 0 radical (unpaired) electrons. The molecule has 0 fully saturated rings. The van der Waals surface area contributed by atoms with E-state index in [0.29, 0.717) is 0 Å². The fraction of sp³-hybridized carbons (Fsp3) is 0.600. The number of hydrogen-bond acceptors (Lipinski definition) is 2. The third-order valence-corrected chi connectivity index (χ3v) is 3.25. The molecule has 0 amide bonds. The Balaban J connectivity index is 2.16. The zero-order valence-electron chi connectivity index (χ0n) is 11.4. The van der Waals surface area contributed by atoms with Gasteiger partial charge in [-0.3, -0.25) is 0 Å². The maximum Gasteiger partial charge on any atom is 0.0587 e. The standard InChI is InChI=1S/C15H25NO/c1-13-7-6-9-15(14(13)2)8-4-5-10-16-11-12-17-3/h6-7,9,16H,4-5,8,10-12H2,1-3H3. The average Bonchev–Trinajstić information content (AvgIpc) is 2.33. The summed E-state index contributed by atoms with van der Waals surface area (Å²) in [5.41, 5.74) is 4.36. The second-order valence-corrected chi connectivity index (χ2v) is 4.56. The molecule has 0 saturated carbocycles. The Morgan fingerprint density at radius 2 is 1.94 bits per heavy atom. The highest BCUT2D eigenvalue weighted by atomic mass is 16.5. The molecule has 1 aromatic rings. The number of hydrogen-bond donors (Lipinski definition) is 1. The van der Waals surface area contributed by atoms with Gasteiger partial charge in [0.15, 0.2) is 0 Å². The number of ether oxygens (including phenoxy) is 1. The Morgan fingerprint density at radius 1 is 1.12 bits per heavy atom. The SMILES string of the molecule is COCCNCCCCc1cccc(C)c1C. The number of unbranched alkanes of at least 4 members (excludes halogenated alkanes) is 1. The number of rotatable bonds is 8. The molecule has 1 N–H and O–H groups in total. The lowest BCUT2D eigenvalue weighted by molar-refractivity contribution is 0.199. The lowest BCUT2D eigenvalue weighted by Gasteiger charge is -2.08. The van der Waals surface area contributed by atoms with Crippen molar-refractivity contribution in [3.05, 3.63) is 34.9 Å². The van der Waals surface area contributed by atoms with E-state index in [0.717, 1.165) is 19.7 Å². The quantitative estimate of drug-likeness (QED) is 0.700. The Labute approximate surface area is 105 Å². The summed E-state index contributed by atoms with van der Waals surface area (Å²) in [5.74, 6) is 0. The molecule has 1 rings (SSSR count). The first kappa shape index (κ1) is 14.2. The molecule has 0 saturated heterocycles. The first-order chi connectivity index (χ1) is 8.25. The monoisotopic (exact) mass is 235 g/mol. The summed E-state index contributed by atoms with van der Waals surface area (Å²) in [6.07, 6.45) is 3.68. The van der Waals surface area contributed by atoms with Crippen LogP contribution < -0.4 is 5.32 Å². The van der Waals surface area contributed by atoms with Crippen molar-refractivity contribution in [1.82, 2.24) is 5.32 Å². The summed E-state index contributed by atoms with van der Waals surface area (Å²) >= 11 is 0. The van der Waals surface area contributed by atoms with Gasteiger partial charge in [0.25, 0.3) is 0 Å². The van der Waals surface area contributed by atoms with E-state index < -0.39 is 0 Å². The molecule has 0 aliphatic rings. The van der Waals surface area contributed by atoms with Gasteiger partial charge in [-0.15, -0.1) is 0 Å². The molecule has 2 nitrogen and oxygen atoms in total. The van der Waals surface area contributed by atoms with Gasteiger partial charge in [-0.1, -0.05) is 18.2 Å². The maximum absolute atomic E-state index is 4.98. The van der Waals surface area contributed by atoms with Crippen molar-refractivity contribution in [3.63, 3.8) is 0 Å². The number of nitrogens with one attached hydrogen (secondary N) is 1. The van der Waals surface area contributed by atoms with Crippen molar-refractivity contribution < 1.29 is 4.74 Å². The molecular formula is C15H25NO. The van der Waals surface area contributed by atoms with Gasteiger partial charge >= 0.3 is 0 Å². The summed E-state index contributed by atoms with van der Waals surface area (Å²) in [6, 6.07) is 6.60. The zero-order chi connectivity index (χ0) is 12.5. The smallest absolute Gasteiger partial charge is 0.0587 e. The third-order valence-electron chi connectivity index (χ3n) is 3.25. The molecule has 0 bridgehead atoms. The molecule has 1 aromatic carbocycles. The first-order valence-corrected chi connectivity index (χ1v) is 6.50. The van der Waals surface area contributed by atoms with Crippen molar-refractivity contribution in [2.45, 2.75) is 33.1 Å². The fourth-order valence-electron chi connectivity index (χ4n) is 1.95. The van der Waals surface area contributed by atoms with Crippen LogP contribution in [0.4, 0.5) is 0 Å². The van der Waals surface area contributed by atoms with Crippen molar-refractivity contribution in [3.8, 4) is 0 Å². The van der Waals surface area contributed by atoms with E-state index in [1.807, 2.05) is 0 Å². The average molecular weight is 235 g/mol. The van der Waals surface area contributed by atoms with E-state index in [1.165, 1.54) is 36.0 Å². The molecule has 17 heavy (non-hydrogen) atoms. The topological polar surface area (TPSA) is 21.3 Å². The highest BCUT2D eigenvalue weighted by Gasteiger charge is 2.00. The van der Waals surface area contributed by atoms with Crippen molar-refractivity contribution in [2.24, 2.45) is 0 Å². The summed E-state index contributed by atoms with van der Waals surface area (Å²) < 4.78 is 4.98. The number of aryl methyl sites for hydroxylation is 2. The normalized spacial score (nSPS) is 10.8. The molecule has 0 unspecified atom stereocenters. The molecule has 0 heterocycles. The van der Waals surface area contributed by atoms with Crippen LogP contribution in [0.2, 0.25) is 0 Å². The van der Waals surface area contributed by atoms with Gasteiger partial charge in [-0.25, -0.2) is 0 Å². The molecule has 0 atom stereocenters. The van der Waals surface area contributed by atoms with Gasteiger partial charge in [0.05, 0.1) is 6.61 Å². The van der Waals surface area contributed by atoms with Gasteiger partial charge in [0.1, 0.15) is 0 Å². The van der Waals surface area contributed by atoms with Gasteiger partial charge in [0, 0.05) is 13.7 Å². The van der Waals surface area contributed by atoms with Gasteiger partial charge < -0.3 is 10.1 Å². The summed E-state index contributed by atoms with van der Waals surface area (Å²) in [4.78, 5) is 0. The molecule has 0 aromatic heterocycles. The molecule has 2 heteroatoms. The lowest BCUT2D eigenvalue weighted by atomic mass is 9.99. The lowest BCUT2D eigenvalue weighted by Crippen LogP contribution is -2.20. The Hall–Kier alpha value is -0.860. The summed E-state index contributed by atoms with van der Waals surface area (Å²) in [5, 5.41) is 3.37. The molecular weight excluding hydrogens is 210 g/mol. The van der Waals surface area contributed by atoms with E-state index in [4.69, 9.17) is 4.74 Å². The van der Waals surface area contributed by atoms with Crippen LogP contribution in [0.1, 0.15) is 29.5 Å². The summed E-state index contributed by atoms with van der Waals surface area (Å²) in [6.45, 7) is 7.26. The Morgan fingerprint density at radius 3 is 2.71 bits per heavy atom. The highest BCUT2D eigenvalue weighted by Crippen LogP contribution is 2.14. The van der Waals surface area contributed by atoms with Gasteiger partial charge in [-0.2, -0.15) is 0 Å². The maximum atomic E-state index is 4.98. The highest BCUT2D eigenvalue weighted by molar-refractivity contribution is 5.33. The fourth-order valence-corrected chi connectivity index (χ4v) is 1.95. The predicted octanol–water partition coefficient (Wildman–Crippen LogP) is 2.86. The van der Waals surface area contributed by atoms with Crippen molar-refractivity contribution in [1.29, 1.82) is 0 Å². The van der Waals surface area contributed by atoms with Crippen LogP contribution in [0.3, 0.4) is 0 Å². The van der Waals surface area contributed by atoms with Crippen LogP contribution in [0.5, 0.6) is 0 Å². The van der Waals surface area contributed by atoms with E-state index >= 15 is 0 Å². The predicted molar refractivity (Wildman–Crippen MR) is 73.6 cm³/mol. The minimum atomic E-state index is 0.803. The zero-order valence-corrected chi connectivity index (χ0v) is 11.4. The second kappa shape index (κ2) is 8.26. The van der Waals surface area contributed by atoms with E-state index in [9.17, 15) is 0 Å². The van der Waals surface area contributed by atoms with Crippen LogP contribution in [-0.2, 0) is 11.2 Å². The molecule has 0 aliphatic carbocycles. The van der Waals surface area contributed by atoms with Crippen LogP contribution in [0, 0.1) is 13.8 Å². The molecule has 0 aliphatic heterocycles. The number of benzene rings is 1. The Kier molecular flexibility index (Phi) is 6.90. The van der Waals surface area contributed by atoms with Crippen molar-refractivity contribution in [2.75, 3.05) is 26.8 Å². The van der Waals surface area contributed by atoms with Gasteiger partial charge in [-0.05, 0) is 56.3 Å². The molecule has 96 valence electrons. The second-order valence-electron chi connectivity index (χ2n) is 4.56.